The number of carbonyl (C=O) groups is 1. The minimum atomic E-state index is -0.735. The van der Waals surface area contributed by atoms with Crippen molar-refractivity contribution in [2.75, 3.05) is 7.11 Å². The van der Waals surface area contributed by atoms with Crippen LogP contribution in [0.15, 0.2) is 72.0 Å². The molecule has 0 aliphatic rings. The Labute approximate surface area is 221 Å². The smallest absolute Gasteiger partial charge is 0.252 e. The number of hydrogen-bond acceptors (Lipinski definition) is 7. The number of methoxy groups -OCH3 is 1. The van der Waals surface area contributed by atoms with E-state index in [1.165, 1.54) is 28.6 Å². The summed E-state index contributed by atoms with van der Waals surface area (Å²) >= 11 is 12.2. The van der Waals surface area contributed by atoms with Crippen molar-refractivity contribution in [2.45, 2.75) is 19.4 Å². The summed E-state index contributed by atoms with van der Waals surface area (Å²) in [5.41, 5.74) is 3.54. The summed E-state index contributed by atoms with van der Waals surface area (Å²) in [6.45, 7) is 1.69. The van der Waals surface area contributed by atoms with Crippen molar-refractivity contribution in [2.24, 2.45) is 0 Å². The van der Waals surface area contributed by atoms with Crippen LogP contribution in [0.4, 0.5) is 0 Å². The summed E-state index contributed by atoms with van der Waals surface area (Å²) in [4.78, 5) is 34.9. The lowest BCUT2D eigenvalue weighted by molar-refractivity contribution is -0.121. The first-order valence-corrected chi connectivity index (χ1v) is 12.0. The van der Waals surface area contributed by atoms with Gasteiger partial charge >= 0.3 is 0 Å². The third-order valence-corrected chi connectivity index (χ3v) is 6.43. The van der Waals surface area contributed by atoms with Crippen LogP contribution in [0.25, 0.3) is 27.8 Å². The van der Waals surface area contributed by atoms with Gasteiger partial charge in [0.05, 0.1) is 42.3 Å². The number of Topliss-reactive ketones (excluding diaryl/α,β-unsaturated/α-hetero) is 1. The molecule has 3 heterocycles. The Kier molecular flexibility index (Phi) is 6.73. The van der Waals surface area contributed by atoms with Gasteiger partial charge in [-0.2, -0.15) is 0 Å². The number of fused-ring (bicyclic) bond motifs is 1. The molecule has 0 spiro atoms. The Balaban J connectivity index is 1.50. The van der Waals surface area contributed by atoms with Gasteiger partial charge in [0.15, 0.2) is 10.9 Å². The number of carbonyl (C=O) groups excluding carboxylic acids is 1. The van der Waals surface area contributed by atoms with Crippen LogP contribution >= 0.6 is 23.2 Å². The summed E-state index contributed by atoms with van der Waals surface area (Å²) < 4.78 is 8.48. The van der Waals surface area contributed by atoms with Crippen LogP contribution in [0.1, 0.15) is 18.5 Å². The SMILES string of the molecule is COc1cn(C(C)C(=O)Cc2ccc3nccnc3c2)c(=O)cc1-c1cc(Cl)ccc1-n1cc(Cl)nn1. The van der Waals surface area contributed by atoms with Gasteiger partial charge in [0.25, 0.3) is 5.56 Å². The molecule has 0 aliphatic heterocycles. The minimum absolute atomic E-state index is 0.135. The van der Waals surface area contributed by atoms with E-state index in [4.69, 9.17) is 27.9 Å². The quantitative estimate of drug-likeness (QED) is 0.297. The molecule has 0 radical (unpaired) electrons. The molecule has 0 aliphatic carbocycles. The first-order chi connectivity index (χ1) is 17.8. The summed E-state index contributed by atoms with van der Waals surface area (Å²) in [6.07, 6.45) is 6.43. The van der Waals surface area contributed by atoms with Crippen molar-refractivity contribution < 1.29 is 9.53 Å². The molecule has 5 aromatic rings. The minimum Gasteiger partial charge on any atom is -0.495 e. The molecule has 9 nitrogen and oxygen atoms in total. The molecule has 37 heavy (non-hydrogen) atoms. The van der Waals surface area contributed by atoms with Crippen LogP contribution in [-0.4, -0.2) is 42.4 Å². The van der Waals surface area contributed by atoms with E-state index >= 15 is 0 Å². The number of nitrogens with zero attached hydrogens (tertiary/aromatic N) is 6. The lowest BCUT2D eigenvalue weighted by Gasteiger charge is -2.18. The van der Waals surface area contributed by atoms with Gasteiger partial charge < -0.3 is 9.30 Å². The Morgan fingerprint density at radius 1 is 1.00 bits per heavy atom. The zero-order valence-corrected chi connectivity index (χ0v) is 21.3. The maximum absolute atomic E-state index is 13.2. The second kappa shape index (κ2) is 10.1. The molecular formula is C26H20Cl2N6O3. The van der Waals surface area contributed by atoms with Crippen molar-refractivity contribution in [3.05, 3.63) is 93.3 Å². The zero-order chi connectivity index (χ0) is 26.1. The average Bonchev–Trinajstić information content (AvgIpc) is 3.33. The monoisotopic (exact) mass is 534 g/mol. The van der Waals surface area contributed by atoms with Crippen molar-refractivity contribution >= 4 is 40.0 Å². The van der Waals surface area contributed by atoms with Gasteiger partial charge in [-0.3, -0.25) is 19.6 Å². The van der Waals surface area contributed by atoms with Crippen molar-refractivity contribution in [1.82, 2.24) is 29.5 Å². The van der Waals surface area contributed by atoms with E-state index in [-0.39, 0.29) is 22.9 Å². The number of hydrogen-bond donors (Lipinski definition) is 0. The Morgan fingerprint density at radius 3 is 2.51 bits per heavy atom. The first-order valence-electron chi connectivity index (χ1n) is 11.2. The molecule has 2 aromatic carbocycles. The Morgan fingerprint density at radius 2 is 1.78 bits per heavy atom. The van der Waals surface area contributed by atoms with E-state index in [1.807, 2.05) is 18.2 Å². The predicted molar refractivity (Wildman–Crippen MR) is 141 cm³/mol. The van der Waals surface area contributed by atoms with Crippen LogP contribution in [-0.2, 0) is 11.2 Å². The van der Waals surface area contributed by atoms with E-state index in [0.717, 1.165) is 11.1 Å². The molecule has 0 amide bonds. The lowest BCUT2D eigenvalue weighted by atomic mass is 10.0. The average molecular weight is 535 g/mol. The summed E-state index contributed by atoms with van der Waals surface area (Å²) in [5.74, 6) is 0.246. The lowest BCUT2D eigenvalue weighted by Crippen LogP contribution is -2.28. The fourth-order valence-electron chi connectivity index (χ4n) is 4.11. The normalized spacial score (nSPS) is 12.0. The first kappa shape index (κ1) is 24.6. The van der Waals surface area contributed by atoms with Crippen molar-refractivity contribution in [3.8, 4) is 22.6 Å². The number of rotatable bonds is 7. The molecule has 0 bridgehead atoms. The highest BCUT2D eigenvalue weighted by molar-refractivity contribution is 6.31. The topological polar surface area (TPSA) is 105 Å². The molecule has 5 rings (SSSR count). The fraction of sp³-hybridized carbons (Fsp3) is 0.154. The van der Waals surface area contributed by atoms with Gasteiger partial charge in [-0.05, 0) is 42.8 Å². The van der Waals surface area contributed by atoms with E-state index in [1.54, 1.807) is 43.7 Å². The number of benzene rings is 2. The van der Waals surface area contributed by atoms with Crippen LogP contribution in [0.5, 0.6) is 5.75 Å². The van der Waals surface area contributed by atoms with Gasteiger partial charge in [0.2, 0.25) is 0 Å². The summed E-state index contributed by atoms with van der Waals surface area (Å²) in [5, 5.41) is 8.52. The van der Waals surface area contributed by atoms with E-state index in [9.17, 15) is 9.59 Å². The highest BCUT2D eigenvalue weighted by Crippen LogP contribution is 2.35. The largest absolute Gasteiger partial charge is 0.495 e. The molecule has 1 unspecified atom stereocenters. The van der Waals surface area contributed by atoms with Gasteiger partial charge in [0, 0.05) is 41.0 Å². The molecule has 1 atom stereocenters. The maximum Gasteiger partial charge on any atom is 0.252 e. The van der Waals surface area contributed by atoms with E-state index in [0.29, 0.717) is 33.1 Å². The summed E-state index contributed by atoms with van der Waals surface area (Å²) in [6, 6.07) is 11.3. The number of aromatic nitrogens is 6. The van der Waals surface area contributed by atoms with Crippen LogP contribution < -0.4 is 10.3 Å². The van der Waals surface area contributed by atoms with Gasteiger partial charge in [-0.1, -0.05) is 34.5 Å². The van der Waals surface area contributed by atoms with Gasteiger partial charge in [-0.25, -0.2) is 4.68 Å². The third kappa shape index (κ3) is 4.96. The molecule has 0 fully saturated rings. The predicted octanol–water partition coefficient (Wildman–Crippen LogP) is 4.73. The number of ether oxygens (including phenoxy) is 1. The van der Waals surface area contributed by atoms with Gasteiger partial charge in [0.1, 0.15) is 5.75 Å². The Bertz CT molecular complexity index is 1700. The molecule has 186 valence electrons. The van der Waals surface area contributed by atoms with Crippen LogP contribution in [0.2, 0.25) is 10.2 Å². The Hall–Kier alpha value is -4.08. The summed E-state index contributed by atoms with van der Waals surface area (Å²) in [7, 11) is 1.49. The molecule has 0 saturated carbocycles. The highest BCUT2D eigenvalue weighted by atomic mass is 35.5. The third-order valence-electron chi connectivity index (χ3n) is 6.02. The number of halogens is 2. The van der Waals surface area contributed by atoms with E-state index in [2.05, 4.69) is 20.3 Å². The molecule has 0 N–H and O–H groups in total. The van der Waals surface area contributed by atoms with Crippen LogP contribution in [0, 0.1) is 0 Å². The number of ketones is 1. The second-order valence-electron chi connectivity index (χ2n) is 8.35. The molecular weight excluding hydrogens is 515 g/mol. The number of pyridine rings is 1. The van der Waals surface area contributed by atoms with Crippen molar-refractivity contribution in [3.63, 3.8) is 0 Å². The molecule has 3 aromatic heterocycles. The fourth-order valence-corrected chi connectivity index (χ4v) is 4.41. The van der Waals surface area contributed by atoms with E-state index < -0.39 is 6.04 Å². The maximum atomic E-state index is 13.2. The molecule has 0 saturated heterocycles. The van der Waals surface area contributed by atoms with Crippen molar-refractivity contribution in [1.29, 1.82) is 0 Å². The highest BCUT2D eigenvalue weighted by Gasteiger charge is 2.21. The van der Waals surface area contributed by atoms with Gasteiger partial charge in [-0.15, -0.1) is 5.10 Å². The molecule has 11 heteroatoms. The zero-order valence-electron chi connectivity index (χ0n) is 19.8. The second-order valence-corrected chi connectivity index (χ2v) is 9.17. The standard InChI is InChI=1S/C26H20Cl2N6O3/c1-15(23(35)10-16-3-5-20-21(9-16)30-8-7-29-20)33-13-24(37-2)19(12-26(33)36)18-11-17(27)4-6-22(18)34-14-25(28)31-32-34/h3-9,11-15H,10H2,1-2H3. The van der Waals surface area contributed by atoms with Crippen LogP contribution in [0.3, 0.4) is 0 Å².